The SMILES string of the molecule is COc1cc(COc2c(N3CCN([S+]([O-])C(C)C)CC3)cnn(-c3cccc(Cl)c3)c2=O)cc(OC)c1. The summed E-state index contributed by atoms with van der Waals surface area (Å²) >= 11 is 5.12. The molecule has 1 fully saturated rings. The minimum atomic E-state index is -1.05. The molecule has 2 aromatic carbocycles. The van der Waals surface area contributed by atoms with Crippen molar-refractivity contribution in [3.05, 3.63) is 69.6 Å². The van der Waals surface area contributed by atoms with Gasteiger partial charge in [0, 0.05) is 35.5 Å². The van der Waals surface area contributed by atoms with E-state index in [0.29, 0.717) is 54.1 Å². The number of methoxy groups -OCH3 is 2. The number of halogens is 1. The molecule has 11 heteroatoms. The Bertz CT molecular complexity index is 1260. The Labute approximate surface area is 224 Å². The number of ether oxygens (including phenoxy) is 3. The molecule has 0 amide bonds. The predicted molar refractivity (Wildman–Crippen MR) is 146 cm³/mol. The molecule has 3 aromatic rings. The zero-order valence-corrected chi connectivity index (χ0v) is 22.9. The summed E-state index contributed by atoms with van der Waals surface area (Å²) in [7, 11) is 3.16. The first-order chi connectivity index (χ1) is 17.8. The first-order valence-electron chi connectivity index (χ1n) is 11.9. The van der Waals surface area contributed by atoms with Crippen LogP contribution >= 0.6 is 11.6 Å². The average Bonchev–Trinajstić information content (AvgIpc) is 2.91. The second-order valence-corrected chi connectivity index (χ2v) is 11.3. The molecular weight excluding hydrogens is 516 g/mol. The lowest BCUT2D eigenvalue weighted by atomic mass is 10.2. The molecule has 1 unspecified atom stereocenters. The van der Waals surface area contributed by atoms with Crippen LogP contribution < -0.4 is 24.7 Å². The number of rotatable bonds is 9. The highest BCUT2D eigenvalue weighted by molar-refractivity contribution is 7.89. The molecule has 1 aromatic heterocycles. The number of hydrogen-bond acceptors (Lipinski definition) is 8. The monoisotopic (exact) mass is 546 g/mol. The number of benzene rings is 2. The minimum Gasteiger partial charge on any atom is -0.598 e. The van der Waals surface area contributed by atoms with Crippen LogP contribution in [0.5, 0.6) is 17.2 Å². The third kappa shape index (κ3) is 6.32. The van der Waals surface area contributed by atoms with Crippen molar-refractivity contribution < 1.29 is 18.8 Å². The van der Waals surface area contributed by atoms with Crippen LogP contribution in [0.1, 0.15) is 19.4 Å². The van der Waals surface area contributed by atoms with E-state index in [-0.39, 0.29) is 17.6 Å². The van der Waals surface area contributed by atoms with E-state index < -0.39 is 16.9 Å². The smallest absolute Gasteiger partial charge is 0.316 e. The minimum absolute atomic E-state index is 0.0496. The lowest BCUT2D eigenvalue weighted by molar-refractivity contribution is 0.295. The van der Waals surface area contributed by atoms with Crippen LogP contribution in [0.2, 0.25) is 5.02 Å². The van der Waals surface area contributed by atoms with Gasteiger partial charge < -0.3 is 23.7 Å². The van der Waals surface area contributed by atoms with Gasteiger partial charge in [0.15, 0.2) is 0 Å². The van der Waals surface area contributed by atoms with Crippen molar-refractivity contribution in [1.82, 2.24) is 14.1 Å². The van der Waals surface area contributed by atoms with Crippen LogP contribution in [-0.2, 0) is 18.0 Å². The molecule has 0 bridgehead atoms. The van der Waals surface area contributed by atoms with Gasteiger partial charge in [0.1, 0.15) is 29.0 Å². The van der Waals surface area contributed by atoms with Gasteiger partial charge in [-0.25, -0.2) is 0 Å². The van der Waals surface area contributed by atoms with E-state index in [4.69, 9.17) is 25.8 Å². The maximum Gasteiger partial charge on any atom is 0.316 e. The molecule has 1 aliphatic heterocycles. The van der Waals surface area contributed by atoms with Crippen LogP contribution in [-0.4, -0.2) is 64.3 Å². The molecule has 0 spiro atoms. The standard InChI is InChI=1S/C26H31ClN4O5S/c1-18(2)37(33)30-10-8-29(9-11-30)24-16-28-31(21-7-5-6-20(27)14-21)26(32)25(24)36-17-19-12-22(34-3)15-23(13-19)35-4/h5-7,12-16,18H,8-11,17H2,1-4H3. The molecule has 2 heterocycles. The summed E-state index contributed by atoms with van der Waals surface area (Å²) in [6.07, 6.45) is 1.64. The molecule has 1 saturated heterocycles. The van der Waals surface area contributed by atoms with Crippen LogP contribution in [0.4, 0.5) is 5.69 Å². The normalized spacial score (nSPS) is 15.1. The number of nitrogens with zero attached hydrogens (tertiary/aromatic N) is 4. The molecular formula is C26H31ClN4O5S. The lowest BCUT2D eigenvalue weighted by Gasteiger charge is -2.36. The van der Waals surface area contributed by atoms with Gasteiger partial charge in [0.25, 0.3) is 0 Å². The van der Waals surface area contributed by atoms with Crippen molar-refractivity contribution in [3.63, 3.8) is 0 Å². The van der Waals surface area contributed by atoms with E-state index in [1.165, 1.54) is 4.68 Å². The highest BCUT2D eigenvalue weighted by Gasteiger charge is 2.30. The molecule has 0 radical (unpaired) electrons. The van der Waals surface area contributed by atoms with Crippen LogP contribution in [0.25, 0.3) is 5.69 Å². The number of hydrogen-bond donors (Lipinski definition) is 0. The molecule has 198 valence electrons. The van der Waals surface area contributed by atoms with Crippen molar-refractivity contribution in [2.24, 2.45) is 0 Å². The summed E-state index contributed by atoms with van der Waals surface area (Å²) in [6.45, 7) is 6.40. The fraction of sp³-hybridized carbons (Fsp3) is 0.385. The number of anilines is 1. The fourth-order valence-corrected chi connectivity index (χ4v) is 5.40. The Morgan fingerprint density at radius 1 is 1.05 bits per heavy atom. The van der Waals surface area contributed by atoms with Gasteiger partial charge in [-0.1, -0.05) is 17.7 Å². The molecule has 0 aliphatic carbocycles. The second-order valence-electron chi connectivity index (χ2n) is 8.81. The summed E-state index contributed by atoms with van der Waals surface area (Å²) in [4.78, 5) is 15.7. The first-order valence-corrected chi connectivity index (χ1v) is 13.5. The van der Waals surface area contributed by atoms with Crippen molar-refractivity contribution in [2.45, 2.75) is 25.7 Å². The van der Waals surface area contributed by atoms with Crippen molar-refractivity contribution in [2.75, 3.05) is 45.3 Å². The Morgan fingerprint density at radius 2 is 1.73 bits per heavy atom. The van der Waals surface area contributed by atoms with Gasteiger partial charge in [-0.15, -0.1) is 4.31 Å². The zero-order chi connectivity index (χ0) is 26.5. The maximum absolute atomic E-state index is 13.7. The van der Waals surface area contributed by atoms with Gasteiger partial charge in [-0.3, -0.25) is 4.79 Å². The first kappa shape index (κ1) is 27.1. The van der Waals surface area contributed by atoms with Gasteiger partial charge >= 0.3 is 5.56 Å². The van der Waals surface area contributed by atoms with Crippen molar-refractivity contribution in [3.8, 4) is 22.9 Å². The molecule has 0 N–H and O–H groups in total. The third-order valence-electron chi connectivity index (χ3n) is 6.00. The Hall–Kier alpha value is -2.92. The third-order valence-corrected chi connectivity index (χ3v) is 7.91. The quantitative estimate of drug-likeness (QED) is 0.375. The Balaban J connectivity index is 1.67. The zero-order valence-electron chi connectivity index (χ0n) is 21.3. The van der Waals surface area contributed by atoms with E-state index in [0.717, 1.165) is 5.56 Å². The molecule has 9 nitrogen and oxygen atoms in total. The lowest BCUT2D eigenvalue weighted by Crippen LogP contribution is -2.50. The number of piperazine rings is 1. The Morgan fingerprint density at radius 3 is 2.32 bits per heavy atom. The van der Waals surface area contributed by atoms with Crippen molar-refractivity contribution >= 4 is 28.7 Å². The van der Waals surface area contributed by atoms with Gasteiger partial charge in [0.05, 0.1) is 39.2 Å². The molecule has 1 aliphatic rings. The fourth-order valence-electron chi connectivity index (χ4n) is 4.09. The van der Waals surface area contributed by atoms with E-state index in [9.17, 15) is 9.35 Å². The van der Waals surface area contributed by atoms with E-state index >= 15 is 0 Å². The summed E-state index contributed by atoms with van der Waals surface area (Å²) in [5, 5.41) is 4.97. The van der Waals surface area contributed by atoms with Crippen molar-refractivity contribution in [1.29, 1.82) is 0 Å². The highest BCUT2D eigenvalue weighted by atomic mass is 35.5. The number of aromatic nitrogens is 2. The topological polar surface area (TPSA) is 92.1 Å². The predicted octanol–water partition coefficient (Wildman–Crippen LogP) is 3.68. The molecule has 1 atom stereocenters. The summed E-state index contributed by atoms with van der Waals surface area (Å²) < 4.78 is 32.7. The van der Waals surface area contributed by atoms with Gasteiger partial charge in [-0.05, 0) is 49.7 Å². The summed E-state index contributed by atoms with van der Waals surface area (Å²) in [6, 6.07) is 12.4. The van der Waals surface area contributed by atoms with Crippen LogP contribution in [0, 0.1) is 0 Å². The van der Waals surface area contributed by atoms with Gasteiger partial charge in [-0.2, -0.15) is 9.78 Å². The maximum atomic E-state index is 13.7. The summed E-state index contributed by atoms with van der Waals surface area (Å²) in [5.74, 6) is 1.42. The Kier molecular flexibility index (Phi) is 8.86. The second kappa shape index (κ2) is 12.1. The van der Waals surface area contributed by atoms with Crippen LogP contribution in [0.3, 0.4) is 0 Å². The van der Waals surface area contributed by atoms with E-state index in [1.807, 2.05) is 35.2 Å². The molecule has 0 saturated carbocycles. The van der Waals surface area contributed by atoms with Gasteiger partial charge in [0.2, 0.25) is 5.75 Å². The van der Waals surface area contributed by atoms with E-state index in [1.54, 1.807) is 50.7 Å². The molecule has 4 rings (SSSR count). The molecule has 37 heavy (non-hydrogen) atoms. The summed E-state index contributed by atoms with van der Waals surface area (Å²) in [5.41, 5.74) is 1.51. The highest BCUT2D eigenvalue weighted by Crippen LogP contribution is 2.29. The largest absolute Gasteiger partial charge is 0.598 e. The average molecular weight is 547 g/mol. The van der Waals surface area contributed by atoms with Crippen LogP contribution in [0.15, 0.2) is 53.5 Å². The van der Waals surface area contributed by atoms with E-state index in [2.05, 4.69) is 5.10 Å².